The molecule has 110 valence electrons. The van der Waals surface area contributed by atoms with Crippen molar-refractivity contribution < 1.29 is 0 Å². The molecule has 0 spiro atoms. The number of benzene rings is 1. The predicted octanol–water partition coefficient (Wildman–Crippen LogP) is 3.03. The fourth-order valence-electron chi connectivity index (χ4n) is 2.55. The molecule has 1 aliphatic carbocycles. The van der Waals surface area contributed by atoms with E-state index < -0.39 is 0 Å². The largest absolute Gasteiger partial charge is 0.357 e. The van der Waals surface area contributed by atoms with Gasteiger partial charge in [-0.05, 0) is 56.2 Å². The van der Waals surface area contributed by atoms with Crippen LogP contribution in [0.3, 0.4) is 0 Å². The Labute approximate surface area is 122 Å². The van der Waals surface area contributed by atoms with Crippen molar-refractivity contribution in [1.29, 1.82) is 0 Å². The van der Waals surface area contributed by atoms with E-state index in [0.29, 0.717) is 6.04 Å². The van der Waals surface area contributed by atoms with Crippen molar-refractivity contribution in [2.45, 2.75) is 59.0 Å². The zero-order chi connectivity index (χ0) is 14.4. The third-order valence-electron chi connectivity index (χ3n) is 3.92. The lowest BCUT2D eigenvalue weighted by Gasteiger charge is -2.16. The van der Waals surface area contributed by atoms with E-state index in [1.165, 1.54) is 36.0 Å². The Bertz CT molecular complexity index is 465. The number of rotatable bonds is 5. The van der Waals surface area contributed by atoms with E-state index in [9.17, 15) is 0 Å². The van der Waals surface area contributed by atoms with Crippen LogP contribution in [0.15, 0.2) is 23.2 Å². The first-order chi connectivity index (χ1) is 9.72. The summed E-state index contributed by atoms with van der Waals surface area (Å²) >= 11 is 0. The minimum Gasteiger partial charge on any atom is -0.357 e. The topological polar surface area (TPSA) is 36.4 Å². The summed E-state index contributed by atoms with van der Waals surface area (Å²) in [7, 11) is 0. The van der Waals surface area contributed by atoms with Crippen LogP contribution in [0.4, 0.5) is 0 Å². The molecule has 1 atom stereocenters. The Morgan fingerprint density at radius 2 is 2.05 bits per heavy atom. The van der Waals surface area contributed by atoms with Crippen molar-refractivity contribution in [2.24, 2.45) is 4.99 Å². The van der Waals surface area contributed by atoms with Crippen molar-refractivity contribution in [2.75, 3.05) is 6.54 Å². The van der Waals surface area contributed by atoms with Gasteiger partial charge in [-0.25, -0.2) is 4.99 Å². The van der Waals surface area contributed by atoms with Crippen LogP contribution in [-0.4, -0.2) is 18.5 Å². The fourth-order valence-corrected chi connectivity index (χ4v) is 2.55. The molecule has 2 rings (SSSR count). The highest BCUT2D eigenvalue weighted by molar-refractivity contribution is 5.80. The second-order valence-electron chi connectivity index (χ2n) is 5.61. The van der Waals surface area contributed by atoms with Crippen LogP contribution < -0.4 is 10.6 Å². The number of hydrogen-bond acceptors (Lipinski definition) is 1. The third-order valence-corrected chi connectivity index (χ3v) is 3.92. The van der Waals surface area contributed by atoms with Crippen LogP contribution in [0.2, 0.25) is 0 Å². The molecule has 0 heterocycles. The van der Waals surface area contributed by atoms with Crippen LogP contribution in [-0.2, 0) is 19.4 Å². The minimum atomic E-state index is 0.452. The van der Waals surface area contributed by atoms with Gasteiger partial charge in [0.2, 0.25) is 0 Å². The van der Waals surface area contributed by atoms with Crippen molar-refractivity contribution in [3.05, 3.63) is 34.9 Å². The molecular weight excluding hydrogens is 246 g/mol. The van der Waals surface area contributed by atoms with Crippen LogP contribution in [0.5, 0.6) is 0 Å². The molecule has 3 nitrogen and oxygen atoms in total. The zero-order valence-corrected chi connectivity index (χ0v) is 13.0. The maximum atomic E-state index is 4.69. The lowest BCUT2D eigenvalue weighted by Crippen LogP contribution is -2.41. The summed E-state index contributed by atoms with van der Waals surface area (Å²) in [6.45, 7) is 8.11. The molecule has 0 bridgehead atoms. The number of aryl methyl sites for hydroxylation is 2. The van der Waals surface area contributed by atoms with Crippen molar-refractivity contribution in [1.82, 2.24) is 10.6 Å². The highest BCUT2D eigenvalue weighted by Gasteiger charge is 2.10. The molecule has 0 saturated carbocycles. The van der Waals surface area contributed by atoms with Gasteiger partial charge in [0.1, 0.15) is 0 Å². The summed E-state index contributed by atoms with van der Waals surface area (Å²) in [5, 5.41) is 6.74. The van der Waals surface area contributed by atoms with Gasteiger partial charge in [-0.1, -0.05) is 25.1 Å². The normalized spacial score (nSPS) is 15.8. The van der Waals surface area contributed by atoms with Crippen molar-refractivity contribution in [3.63, 3.8) is 0 Å². The van der Waals surface area contributed by atoms with Gasteiger partial charge in [0.05, 0.1) is 6.54 Å². The SMILES string of the molecule is CCNC(=NCc1ccc2c(c1)CCC2)NC(C)CC. The molecule has 2 N–H and O–H groups in total. The Hall–Kier alpha value is -1.51. The second kappa shape index (κ2) is 7.32. The van der Waals surface area contributed by atoms with Crippen LogP contribution in [0.1, 0.15) is 50.3 Å². The average molecular weight is 273 g/mol. The summed E-state index contributed by atoms with van der Waals surface area (Å²) in [4.78, 5) is 4.69. The van der Waals surface area contributed by atoms with Gasteiger partial charge in [-0.15, -0.1) is 0 Å². The summed E-state index contributed by atoms with van der Waals surface area (Å²) in [5.74, 6) is 0.919. The maximum Gasteiger partial charge on any atom is 0.191 e. The van der Waals surface area contributed by atoms with Gasteiger partial charge in [-0.2, -0.15) is 0 Å². The number of guanidine groups is 1. The van der Waals surface area contributed by atoms with E-state index in [1.807, 2.05) is 0 Å². The molecule has 20 heavy (non-hydrogen) atoms. The molecule has 1 aromatic carbocycles. The summed E-state index contributed by atoms with van der Waals surface area (Å²) in [6.07, 6.45) is 4.89. The maximum absolute atomic E-state index is 4.69. The minimum absolute atomic E-state index is 0.452. The standard InChI is InChI=1S/C17H27N3/c1-4-13(3)20-17(18-5-2)19-12-14-9-10-15-7-6-8-16(15)11-14/h9-11,13H,4-8,12H2,1-3H3,(H2,18,19,20). The lowest BCUT2D eigenvalue weighted by molar-refractivity contribution is 0.624. The highest BCUT2D eigenvalue weighted by Crippen LogP contribution is 2.23. The number of hydrogen-bond donors (Lipinski definition) is 2. The molecule has 0 radical (unpaired) electrons. The van der Waals surface area contributed by atoms with Gasteiger partial charge in [0.25, 0.3) is 0 Å². The van der Waals surface area contributed by atoms with Crippen molar-refractivity contribution in [3.8, 4) is 0 Å². The smallest absolute Gasteiger partial charge is 0.191 e. The molecule has 0 amide bonds. The Kier molecular flexibility index (Phi) is 5.45. The van der Waals surface area contributed by atoms with Crippen LogP contribution >= 0.6 is 0 Å². The first-order valence-corrected chi connectivity index (χ1v) is 7.88. The molecule has 3 heteroatoms. The molecule has 1 aliphatic rings. The molecular formula is C17H27N3. The van der Waals surface area contributed by atoms with E-state index in [4.69, 9.17) is 4.99 Å². The van der Waals surface area contributed by atoms with E-state index in [-0.39, 0.29) is 0 Å². The molecule has 1 aromatic rings. The van der Waals surface area contributed by atoms with E-state index in [0.717, 1.165) is 25.5 Å². The molecule has 0 saturated heterocycles. The van der Waals surface area contributed by atoms with Gasteiger partial charge in [-0.3, -0.25) is 0 Å². The number of nitrogens with zero attached hydrogens (tertiary/aromatic N) is 1. The Morgan fingerprint density at radius 1 is 1.25 bits per heavy atom. The van der Waals surface area contributed by atoms with E-state index >= 15 is 0 Å². The first-order valence-electron chi connectivity index (χ1n) is 7.88. The summed E-state index contributed by atoms with van der Waals surface area (Å²) in [6, 6.07) is 7.29. The van der Waals surface area contributed by atoms with Gasteiger partial charge >= 0.3 is 0 Å². The second-order valence-corrected chi connectivity index (χ2v) is 5.61. The van der Waals surface area contributed by atoms with Crippen LogP contribution in [0, 0.1) is 0 Å². The molecule has 1 unspecified atom stereocenters. The van der Waals surface area contributed by atoms with Crippen molar-refractivity contribution >= 4 is 5.96 Å². The Balaban J connectivity index is 2.01. The Morgan fingerprint density at radius 3 is 2.80 bits per heavy atom. The van der Waals surface area contributed by atoms with E-state index in [1.54, 1.807) is 0 Å². The van der Waals surface area contributed by atoms with Gasteiger partial charge in [0.15, 0.2) is 5.96 Å². The number of fused-ring (bicyclic) bond motifs is 1. The quantitative estimate of drug-likeness (QED) is 0.639. The zero-order valence-electron chi connectivity index (χ0n) is 13.0. The predicted molar refractivity (Wildman–Crippen MR) is 86.2 cm³/mol. The molecule has 0 aromatic heterocycles. The summed E-state index contributed by atoms with van der Waals surface area (Å²) < 4.78 is 0. The third kappa shape index (κ3) is 3.99. The number of nitrogens with one attached hydrogen (secondary N) is 2. The van der Waals surface area contributed by atoms with Gasteiger partial charge in [0, 0.05) is 12.6 Å². The summed E-state index contributed by atoms with van der Waals surface area (Å²) in [5.41, 5.74) is 4.37. The lowest BCUT2D eigenvalue weighted by atomic mass is 10.1. The average Bonchev–Trinajstić information content (AvgIpc) is 2.92. The monoisotopic (exact) mass is 273 g/mol. The molecule has 0 fully saturated rings. The first kappa shape index (κ1) is 14.9. The molecule has 0 aliphatic heterocycles. The number of aliphatic imine (C=N–C) groups is 1. The fraction of sp³-hybridized carbons (Fsp3) is 0.588. The van der Waals surface area contributed by atoms with Crippen LogP contribution in [0.25, 0.3) is 0 Å². The van der Waals surface area contributed by atoms with Gasteiger partial charge < -0.3 is 10.6 Å². The highest BCUT2D eigenvalue weighted by atomic mass is 15.2. The van der Waals surface area contributed by atoms with E-state index in [2.05, 4.69) is 49.6 Å².